The van der Waals surface area contributed by atoms with E-state index in [1.165, 1.54) is 16.8 Å². The molecule has 0 radical (unpaired) electrons. The summed E-state index contributed by atoms with van der Waals surface area (Å²) in [5.41, 5.74) is 3.85. The molecule has 1 aromatic rings. The number of rotatable bonds is 3. The van der Waals surface area contributed by atoms with Crippen LogP contribution in [0.1, 0.15) is 18.1 Å². The summed E-state index contributed by atoms with van der Waals surface area (Å²) in [5.74, 6) is -0.736. The van der Waals surface area contributed by atoms with Crippen molar-refractivity contribution in [1.29, 1.82) is 0 Å². The predicted molar refractivity (Wildman–Crippen MR) is 76.8 cm³/mol. The fourth-order valence-corrected chi connectivity index (χ4v) is 2.45. The van der Waals surface area contributed by atoms with Gasteiger partial charge in [0.05, 0.1) is 0 Å². The van der Waals surface area contributed by atoms with Gasteiger partial charge in [-0.05, 0) is 44.0 Å². The molecule has 1 heterocycles. The Bertz CT molecular complexity index is 465. The van der Waals surface area contributed by atoms with Crippen LogP contribution >= 0.6 is 0 Å². The molecule has 1 N–H and O–H groups in total. The van der Waals surface area contributed by atoms with Crippen LogP contribution in [-0.2, 0) is 4.79 Å². The maximum atomic E-state index is 11.0. The van der Waals surface area contributed by atoms with E-state index in [1.54, 1.807) is 6.92 Å². The molecule has 4 heteroatoms. The molecule has 104 valence electrons. The van der Waals surface area contributed by atoms with Gasteiger partial charge in [-0.3, -0.25) is 9.69 Å². The SMILES string of the molecule is Cc1ccc(N2CCN(C(C)C(=O)O)CC2)cc1C. The minimum atomic E-state index is -0.736. The molecule has 1 fully saturated rings. The summed E-state index contributed by atoms with van der Waals surface area (Å²) >= 11 is 0. The molecule has 1 atom stereocenters. The number of piperazine rings is 1. The van der Waals surface area contributed by atoms with Gasteiger partial charge in [-0.2, -0.15) is 0 Å². The lowest BCUT2D eigenvalue weighted by atomic mass is 10.1. The number of nitrogens with zero attached hydrogens (tertiary/aromatic N) is 2. The number of carboxylic acid groups (broad SMARTS) is 1. The third-order valence-corrected chi connectivity index (χ3v) is 4.08. The van der Waals surface area contributed by atoms with Crippen LogP contribution in [0.2, 0.25) is 0 Å². The van der Waals surface area contributed by atoms with E-state index < -0.39 is 5.97 Å². The Labute approximate surface area is 114 Å². The van der Waals surface area contributed by atoms with Crippen LogP contribution in [0.25, 0.3) is 0 Å². The quantitative estimate of drug-likeness (QED) is 0.903. The number of hydrogen-bond donors (Lipinski definition) is 1. The fraction of sp³-hybridized carbons (Fsp3) is 0.533. The molecular formula is C15H22N2O2. The van der Waals surface area contributed by atoms with Gasteiger partial charge < -0.3 is 10.0 Å². The van der Waals surface area contributed by atoms with Crippen LogP contribution in [0, 0.1) is 13.8 Å². The Balaban J connectivity index is 1.99. The second-order valence-corrected chi connectivity index (χ2v) is 5.31. The van der Waals surface area contributed by atoms with Crippen molar-refractivity contribution in [3.63, 3.8) is 0 Å². The third-order valence-electron chi connectivity index (χ3n) is 4.08. The van der Waals surface area contributed by atoms with E-state index in [0.29, 0.717) is 0 Å². The number of hydrogen-bond acceptors (Lipinski definition) is 3. The van der Waals surface area contributed by atoms with Crippen LogP contribution in [0.4, 0.5) is 5.69 Å². The number of carboxylic acids is 1. The minimum Gasteiger partial charge on any atom is -0.480 e. The molecule has 0 amide bonds. The first-order valence-electron chi connectivity index (χ1n) is 6.78. The summed E-state index contributed by atoms with van der Waals surface area (Å²) in [4.78, 5) is 15.3. The van der Waals surface area contributed by atoms with Crippen molar-refractivity contribution in [3.05, 3.63) is 29.3 Å². The summed E-state index contributed by atoms with van der Waals surface area (Å²) in [6.07, 6.45) is 0. The molecule has 2 rings (SSSR count). The molecule has 4 nitrogen and oxygen atoms in total. The Morgan fingerprint density at radius 3 is 2.32 bits per heavy atom. The standard InChI is InChI=1S/C15H22N2O2/c1-11-4-5-14(10-12(11)2)17-8-6-16(7-9-17)13(3)15(18)19/h4-5,10,13H,6-9H2,1-3H3,(H,18,19). The molecule has 0 saturated carbocycles. The Kier molecular flexibility index (Phi) is 4.10. The van der Waals surface area contributed by atoms with Crippen molar-refractivity contribution in [3.8, 4) is 0 Å². The molecule has 1 saturated heterocycles. The minimum absolute atomic E-state index is 0.387. The van der Waals surface area contributed by atoms with Gasteiger partial charge in [0.15, 0.2) is 0 Å². The molecule has 19 heavy (non-hydrogen) atoms. The van der Waals surface area contributed by atoms with Crippen LogP contribution in [0.5, 0.6) is 0 Å². The highest BCUT2D eigenvalue weighted by atomic mass is 16.4. The van der Waals surface area contributed by atoms with Gasteiger partial charge in [-0.25, -0.2) is 0 Å². The second kappa shape index (κ2) is 5.61. The van der Waals surface area contributed by atoms with E-state index in [-0.39, 0.29) is 6.04 Å². The van der Waals surface area contributed by atoms with Crippen molar-refractivity contribution < 1.29 is 9.90 Å². The second-order valence-electron chi connectivity index (χ2n) is 5.31. The van der Waals surface area contributed by atoms with Gasteiger partial charge >= 0.3 is 5.97 Å². The number of aryl methyl sites for hydroxylation is 2. The zero-order valence-corrected chi connectivity index (χ0v) is 11.9. The van der Waals surface area contributed by atoms with E-state index in [0.717, 1.165) is 26.2 Å². The van der Waals surface area contributed by atoms with Gasteiger partial charge in [0.1, 0.15) is 6.04 Å². The van der Waals surface area contributed by atoms with E-state index in [1.807, 2.05) is 4.90 Å². The molecule has 1 aliphatic rings. The molecule has 1 aliphatic heterocycles. The van der Waals surface area contributed by atoms with Crippen molar-refractivity contribution in [2.45, 2.75) is 26.8 Å². The molecule has 1 aromatic carbocycles. The predicted octanol–water partition coefficient (Wildman–Crippen LogP) is 1.90. The molecule has 0 aliphatic carbocycles. The highest BCUT2D eigenvalue weighted by Crippen LogP contribution is 2.20. The van der Waals surface area contributed by atoms with Crippen LogP contribution in [0.3, 0.4) is 0 Å². The van der Waals surface area contributed by atoms with Crippen LogP contribution < -0.4 is 4.90 Å². The van der Waals surface area contributed by atoms with Gasteiger partial charge in [0.25, 0.3) is 0 Å². The molecule has 0 bridgehead atoms. The van der Waals surface area contributed by atoms with E-state index in [4.69, 9.17) is 5.11 Å². The van der Waals surface area contributed by atoms with Crippen LogP contribution in [0.15, 0.2) is 18.2 Å². The zero-order chi connectivity index (χ0) is 14.0. The lowest BCUT2D eigenvalue weighted by molar-refractivity contribution is -0.142. The van der Waals surface area contributed by atoms with E-state index in [9.17, 15) is 4.79 Å². The Hall–Kier alpha value is -1.55. The van der Waals surface area contributed by atoms with Crippen molar-refractivity contribution >= 4 is 11.7 Å². The van der Waals surface area contributed by atoms with Gasteiger partial charge in [-0.15, -0.1) is 0 Å². The highest BCUT2D eigenvalue weighted by molar-refractivity contribution is 5.73. The van der Waals surface area contributed by atoms with Crippen molar-refractivity contribution in [2.75, 3.05) is 31.1 Å². The van der Waals surface area contributed by atoms with Gasteiger partial charge in [0, 0.05) is 31.9 Å². The van der Waals surface area contributed by atoms with Crippen LogP contribution in [-0.4, -0.2) is 48.2 Å². The lowest BCUT2D eigenvalue weighted by Gasteiger charge is -2.38. The molecular weight excluding hydrogens is 240 g/mol. The molecule has 0 aromatic heterocycles. The molecule has 0 spiro atoms. The van der Waals surface area contributed by atoms with Crippen molar-refractivity contribution in [2.24, 2.45) is 0 Å². The smallest absolute Gasteiger partial charge is 0.320 e. The zero-order valence-electron chi connectivity index (χ0n) is 11.9. The number of carbonyl (C=O) groups is 1. The summed E-state index contributed by atoms with van der Waals surface area (Å²) in [6, 6.07) is 6.13. The largest absolute Gasteiger partial charge is 0.480 e. The first-order valence-corrected chi connectivity index (χ1v) is 6.78. The summed E-state index contributed by atoms with van der Waals surface area (Å²) in [5, 5.41) is 9.03. The summed E-state index contributed by atoms with van der Waals surface area (Å²) < 4.78 is 0. The third kappa shape index (κ3) is 3.07. The number of aliphatic carboxylic acids is 1. The van der Waals surface area contributed by atoms with Gasteiger partial charge in [-0.1, -0.05) is 6.07 Å². The lowest BCUT2D eigenvalue weighted by Crippen LogP contribution is -2.51. The maximum absolute atomic E-state index is 11.0. The average Bonchev–Trinajstić information content (AvgIpc) is 2.41. The first kappa shape index (κ1) is 13.9. The maximum Gasteiger partial charge on any atom is 0.320 e. The van der Waals surface area contributed by atoms with Crippen molar-refractivity contribution in [1.82, 2.24) is 4.90 Å². The monoisotopic (exact) mass is 262 g/mol. The van der Waals surface area contributed by atoms with Gasteiger partial charge in [0.2, 0.25) is 0 Å². The first-order chi connectivity index (χ1) is 8.99. The molecule has 1 unspecified atom stereocenters. The average molecular weight is 262 g/mol. The summed E-state index contributed by atoms with van der Waals surface area (Å²) in [7, 11) is 0. The Morgan fingerprint density at radius 2 is 1.79 bits per heavy atom. The Morgan fingerprint density at radius 1 is 1.16 bits per heavy atom. The number of benzene rings is 1. The number of anilines is 1. The topological polar surface area (TPSA) is 43.8 Å². The summed E-state index contributed by atoms with van der Waals surface area (Å²) in [6.45, 7) is 9.39. The highest BCUT2D eigenvalue weighted by Gasteiger charge is 2.25. The van der Waals surface area contributed by atoms with E-state index >= 15 is 0 Å². The van der Waals surface area contributed by atoms with E-state index in [2.05, 4.69) is 36.9 Å². The fourth-order valence-electron chi connectivity index (χ4n) is 2.45. The normalized spacial score (nSPS) is 18.4.